The van der Waals surface area contributed by atoms with E-state index in [4.69, 9.17) is 11.6 Å². The molecular weight excluding hydrogens is 348 g/mol. The van der Waals surface area contributed by atoms with Crippen molar-refractivity contribution in [1.82, 2.24) is 10.2 Å². The molecule has 2 heterocycles. The van der Waals surface area contributed by atoms with Crippen LogP contribution in [0, 0.1) is 5.92 Å². The Bertz CT molecular complexity index is 747. The average Bonchev–Trinajstić information content (AvgIpc) is 3.15. The monoisotopic (exact) mass is 364 g/mol. The minimum atomic E-state index is -0.397. The van der Waals surface area contributed by atoms with Crippen molar-refractivity contribution in [3.63, 3.8) is 0 Å². The fraction of sp³-hybridized carbons (Fsp3) is 0.375. The summed E-state index contributed by atoms with van der Waals surface area (Å²) in [5.41, 5.74) is 0.751. The number of benzene rings is 1. The zero-order valence-electron chi connectivity index (χ0n) is 13.2. The lowest BCUT2D eigenvalue weighted by Gasteiger charge is -2.16. The largest absolute Gasteiger partial charge is 0.312 e. The summed E-state index contributed by atoms with van der Waals surface area (Å²) < 4.78 is 0. The Balaban J connectivity index is 1.64. The number of carbonyl (C=O) groups is 2. The van der Waals surface area contributed by atoms with Crippen LogP contribution in [-0.2, 0) is 16.0 Å². The van der Waals surface area contributed by atoms with Crippen LogP contribution < -0.4 is 10.2 Å². The summed E-state index contributed by atoms with van der Waals surface area (Å²) >= 11 is 7.25. The highest BCUT2D eigenvalue weighted by Crippen LogP contribution is 2.27. The van der Waals surface area contributed by atoms with Gasteiger partial charge in [-0.3, -0.25) is 9.59 Å². The highest BCUT2D eigenvalue weighted by Gasteiger charge is 2.35. The van der Waals surface area contributed by atoms with Gasteiger partial charge >= 0.3 is 0 Å². The minimum Gasteiger partial charge on any atom is -0.312 e. The van der Waals surface area contributed by atoms with Crippen LogP contribution in [0.4, 0.5) is 10.8 Å². The first-order valence-electron chi connectivity index (χ1n) is 7.76. The number of nitrogens with one attached hydrogen (secondary N) is 1. The third kappa shape index (κ3) is 3.73. The second kappa shape index (κ2) is 7.27. The first-order chi connectivity index (χ1) is 11.6. The maximum atomic E-state index is 12.4. The predicted octanol–water partition coefficient (Wildman–Crippen LogP) is 3.14. The Morgan fingerprint density at radius 1 is 1.38 bits per heavy atom. The van der Waals surface area contributed by atoms with Crippen LogP contribution in [0.5, 0.6) is 0 Å². The van der Waals surface area contributed by atoms with E-state index in [2.05, 4.69) is 22.4 Å². The van der Waals surface area contributed by atoms with Crippen molar-refractivity contribution in [3.8, 4) is 0 Å². The number of carbonyl (C=O) groups excluding carboxylic acids is 2. The van der Waals surface area contributed by atoms with Gasteiger partial charge in [0.05, 0.1) is 5.92 Å². The maximum Gasteiger partial charge on any atom is 0.231 e. The Kier molecular flexibility index (Phi) is 5.11. The van der Waals surface area contributed by atoms with Crippen molar-refractivity contribution < 1.29 is 9.59 Å². The highest BCUT2D eigenvalue weighted by molar-refractivity contribution is 7.15. The molecule has 1 fully saturated rings. The normalized spacial score (nSPS) is 17.3. The number of anilines is 2. The highest BCUT2D eigenvalue weighted by atomic mass is 35.5. The van der Waals surface area contributed by atoms with Crippen LogP contribution >= 0.6 is 22.9 Å². The molecule has 1 aromatic heterocycles. The molecule has 0 saturated carbocycles. The van der Waals surface area contributed by atoms with Gasteiger partial charge in [0.15, 0.2) is 0 Å². The summed E-state index contributed by atoms with van der Waals surface area (Å²) in [4.78, 5) is 26.2. The molecule has 126 valence electrons. The topological polar surface area (TPSA) is 75.2 Å². The molecule has 24 heavy (non-hydrogen) atoms. The van der Waals surface area contributed by atoms with Crippen molar-refractivity contribution in [2.24, 2.45) is 5.92 Å². The third-order valence-electron chi connectivity index (χ3n) is 3.79. The zero-order chi connectivity index (χ0) is 17.1. The molecule has 0 aliphatic carbocycles. The Morgan fingerprint density at radius 3 is 2.83 bits per heavy atom. The molecule has 6 nitrogen and oxygen atoms in total. The number of amides is 2. The molecule has 1 saturated heterocycles. The Hall–Kier alpha value is -1.99. The fourth-order valence-electron chi connectivity index (χ4n) is 2.58. The van der Waals surface area contributed by atoms with Crippen molar-refractivity contribution in [1.29, 1.82) is 0 Å². The molecule has 0 bridgehead atoms. The lowest BCUT2D eigenvalue weighted by Crippen LogP contribution is -2.28. The number of aromatic nitrogens is 2. The van der Waals surface area contributed by atoms with Gasteiger partial charge < -0.3 is 10.2 Å². The molecule has 1 aromatic carbocycles. The SMILES string of the molecule is CCCc1nnc(NC(=O)C2CC(=O)N(c3ccc(Cl)cc3)C2)s1. The zero-order valence-corrected chi connectivity index (χ0v) is 14.7. The number of hydrogen-bond acceptors (Lipinski definition) is 5. The third-order valence-corrected chi connectivity index (χ3v) is 4.95. The summed E-state index contributed by atoms with van der Waals surface area (Å²) in [6.45, 7) is 2.42. The van der Waals surface area contributed by atoms with Gasteiger partial charge in [0.1, 0.15) is 5.01 Å². The van der Waals surface area contributed by atoms with Gasteiger partial charge in [0.2, 0.25) is 16.9 Å². The van der Waals surface area contributed by atoms with Gasteiger partial charge in [-0.05, 0) is 30.7 Å². The molecule has 1 aliphatic rings. The molecule has 1 aliphatic heterocycles. The summed E-state index contributed by atoms with van der Waals surface area (Å²) in [7, 11) is 0. The quantitative estimate of drug-likeness (QED) is 0.884. The molecule has 1 atom stereocenters. The number of halogens is 1. The summed E-state index contributed by atoms with van der Waals surface area (Å²) in [6.07, 6.45) is 2.02. The fourth-order valence-corrected chi connectivity index (χ4v) is 3.55. The van der Waals surface area contributed by atoms with Crippen LogP contribution in [0.15, 0.2) is 24.3 Å². The Labute approximate surface area is 148 Å². The first kappa shape index (κ1) is 16.9. The Morgan fingerprint density at radius 2 is 2.12 bits per heavy atom. The molecule has 2 aromatic rings. The maximum absolute atomic E-state index is 12.4. The van der Waals surface area contributed by atoms with E-state index >= 15 is 0 Å². The molecule has 1 unspecified atom stereocenters. The van der Waals surface area contributed by atoms with Crippen molar-refractivity contribution in [2.45, 2.75) is 26.2 Å². The van der Waals surface area contributed by atoms with Crippen molar-refractivity contribution in [3.05, 3.63) is 34.3 Å². The number of rotatable bonds is 5. The van der Waals surface area contributed by atoms with E-state index in [-0.39, 0.29) is 18.2 Å². The van der Waals surface area contributed by atoms with Crippen LogP contribution in [0.3, 0.4) is 0 Å². The first-order valence-corrected chi connectivity index (χ1v) is 8.95. The predicted molar refractivity (Wildman–Crippen MR) is 94.4 cm³/mol. The van der Waals surface area contributed by atoms with Crippen molar-refractivity contribution >= 4 is 45.6 Å². The van der Waals surface area contributed by atoms with Crippen LogP contribution in [0.25, 0.3) is 0 Å². The van der Waals surface area contributed by atoms with Gasteiger partial charge in [-0.2, -0.15) is 0 Å². The van der Waals surface area contributed by atoms with Gasteiger partial charge in [0, 0.05) is 30.1 Å². The lowest BCUT2D eigenvalue weighted by molar-refractivity contribution is -0.122. The molecular formula is C16H17ClN4O2S. The number of hydrogen-bond donors (Lipinski definition) is 1. The second-order valence-electron chi connectivity index (χ2n) is 5.62. The van der Waals surface area contributed by atoms with E-state index in [1.54, 1.807) is 29.2 Å². The molecule has 2 amide bonds. The van der Waals surface area contributed by atoms with E-state index in [1.165, 1.54) is 11.3 Å². The smallest absolute Gasteiger partial charge is 0.231 e. The van der Waals surface area contributed by atoms with E-state index in [9.17, 15) is 9.59 Å². The minimum absolute atomic E-state index is 0.0681. The van der Waals surface area contributed by atoms with Gasteiger partial charge in [0.25, 0.3) is 0 Å². The van der Waals surface area contributed by atoms with E-state index < -0.39 is 5.92 Å². The average molecular weight is 365 g/mol. The molecule has 8 heteroatoms. The van der Waals surface area contributed by atoms with Crippen LogP contribution in [-0.4, -0.2) is 28.6 Å². The van der Waals surface area contributed by atoms with Crippen LogP contribution in [0.2, 0.25) is 5.02 Å². The lowest BCUT2D eigenvalue weighted by atomic mass is 10.1. The van der Waals surface area contributed by atoms with Crippen LogP contribution in [0.1, 0.15) is 24.8 Å². The van der Waals surface area contributed by atoms with Gasteiger partial charge in [-0.15, -0.1) is 10.2 Å². The van der Waals surface area contributed by atoms with Gasteiger partial charge in [-0.25, -0.2) is 0 Å². The standard InChI is InChI=1S/C16H17ClN4O2S/c1-2-3-13-19-20-16(24-13)18-15(23)10-8-14(22)21(9-10)12-6-4-11(17)5-7-12/h4-7,10H,2-3,8-9H2,1H3,(H,18,20,23). The summed E-state index contributed by atoms with van der Waals surface area (Å²) in [5.74, 6) is -0.660. The number of aryl methyl sites for hydroxylation is 1. The van der Waals surface area contributed by atoms with E-state index in [0.717, 1.165) is 23.5 Å². The molecule has 0 spiro atoms. The van der Waals surface area contributed by atoms with Crippen molar-refractivity contribution in [2.75, 3.05) is 16.8 Å². The molecule has 3 rings (SSSR count). The van der Waals surface area contributed by atoms with E-state index in [1.807, 2.05) is 0 Å². The summed E-state index contributed by atoms with van der Waals surface area (Å²) in [6, 6.07) is 7.02. The van der Waals surface area contributed by atoms with Gasteiger partial charge in [-0.1, -0.05) is 29.9 Å². The number of nitrogens with zero attached hydrogens (tertiary/aromatic N) is 3. The second-order valence-corrected chi connectivity index (χ2v) is 7.12. The van der Waals surface area contributed by atoms with E-state index in [0.29, 0.717) is 16.7 Å². The molecule has 1 N–H and O–H groups in total. The summed E-state index contributed by atoms with van der Waals surface area (Å²) in [5, 5.41) is 12.8. The molecule has 0 radical (unpaired) electrons.